The van der Waals surface area contributed by atoms with Gasteiger partial charge in [-0.25, -0.2) is 0 Å². The third kappa shape index (κ3) is 5.28. The fourth-order valence-corrected chi connectivity index (χ4v) is 3.00. The van der Waals surface area contributed by atoms with Gasteiger partial charge in [-0.3, -0.25) is 0 Å². The Bertz CT molecular complexity index is 493. The Kier molecular flexibility index (Phi) is 6.26. The molecule has 0 fully saturated rings. The quantitative estimate of drug-likeness (QED) is 0.472. The molecule has 0 aromatic heterocycles. The van der Waals surface area contributed by atoms with E-state index in [4.69, 9.17) is 12.6 Å². The third-order valence-corrected chi connectivity index (χ3v) is 3.73. The van der Waals surface area contributed by atoms with E-state index in [1.165, 1.54) is 21.6 Å². The summed E-state index contributed by atoms with van der Waals surface area (Å²) in [5.74, 6) is 0.630. The average Bonchev–Trinajstić information content (AvgIpc) is 2.34. The minimum atomic E-state index is 0.113. The van der Waals surface area contributed by atoms with Crippen molar-refractivity contribution >= 4 is 33.9 Å². The molecule has 1 atom stereocenters. The molecule has 0 aliphatic rings. The molecule has 0 bridgehead atoms. The maximum Gasteiger partial charge on any atom is 0.114 e. The highest BCUT2D eigenvalue weighted by atomic mass is 32.1. The summed E-state index contributed by atoms with van der Waals surface area (Å²) in [6.45, 7) is 8.93. The number of allylic oxidation sites excluding steroid dienone is 4. The van der Waals surface area contributed by atoms with E-state index in [1.807, 2.05) is 0 Å². The molecule has 0 saturated carbocycles. The lowest BCUT2D eigenvalue weighted by molar-refractivity contribution is 0.801. The van der Waals surface area contributed by atoms with Crippen molar-refractivity contribution in [2.45, 2.75) is 45.2 Å². The van der Waals surface area contributed by atoms with Gasteiger partial charge < -0.3 is 0 Å². The zero-order chi connectivity index (χ0) is 15.3. The molecule has 0 N–H and O–H groups in total. The molecule has 0 amide bonds. The van der Waals surface area contributed by atoms with Gasteiger partial charge in [-0.1, -0.05) is 63.0 Å². The van der Waals surface area contributed by atoms with Gasteiger partial charge in [0, 0.05) is 0 Å². The number of rotatable bonds is 5. The van der Waals surface area contributed by atoms with Gasteiger partial charge in [0.2, 0.25) is 0 Å². The van der Waals surface area contributed by atoms with Crippen LogP contribution in [0.4, 0.5) is 0 Å². The smallest absolute Gasteiger partial charge is 0.114 e. The van der Waals surface area contributed by atoms with Crippen molar-refractivity contribution in [1.82, 2.24) is 0 Å². The highest BCUT2D eigenvalue weighted by Crippen LogP contribution is 2.38. The highest BCUT2D eigenvalue weighted by Gasteiger charge is 2.19. The minimum Gasteiger partial charge on any atom is -0.148 e. The first-order valence-electron chi connectivity index (χ1n) is 7.38. The normalized spacial score (nSPS) is 15.8. The van der Waals surface area contributed by atoms with Crippen molar-refractivity contribution in [3.8, 4) is 0 Å². The van der Waals surface area contributed by atoms with Crippen LogP contribution in [0.25, 0.3) is 5.57 Å². The molecular formula is C17H26B2S. The molecule has 20 heavy (non-hydrogen) atoms. The largest absolute Gasteiger partial charge is 0.148 e. The molecule has 0 radical (unpaired) electrons. The van der Waals surface area contributed by atoms with Crippen LogP contribution >= 0.6 is 12.6 Å². The van der Waals surface area contributed by atoms with E-state index in [9.17, 15) is 0 Å². The summed E-state index contributed by atoms with van der Waals surface area (Å²) in [5, 5.41) is 0.113. The first-order chi connectivity index (χ1) is 9.21. The topological polar surface area (TPSA) is 0 Å². The Hall–Kier alpha value is -0.820. The molecule has 0 saturated heterocycles. The van der Waals surface area contributed by atoms with Crippen LogP contribution < -0.4 is 0 Å². The number of hydrogen-bond donors (Lipinski definition) is 1. The second kappa shape index (κ2) is 7.26. The van der Waals surface area contributed by atoms with Crippen LogP contribution in [-0.4, -0.2) is 15.7 Å². The molecule has 0 aliphatic carbocycles. The van der Waals surface area contributed by atoms with Crippen molar-refractivity contribution in [2.24, 2.45) is 0 Å². The van der Waals surface area contributed by atoms with Gasteiger partial charge in [0.15, 0.2) is 0 Å². The molecule has 0 spiro atoms. The van der Waals surface area contributed by atoms with Crippen LogP contribution in [0, 0.1) is 0 Å². The van der Waals surface area contributed by atoms with Gasteiger partial charge >= 0.3 is 0 Å². The summed E-state index contributed by atoms with van der Waals surface area (Å²) in [4.78, 5) is 1.21. The molecule has 1 unspecified atom stereocenters. The van der Waals surface area contributed by atoms with E-state index in [0.29, 0.717) is 5.82 Å². The second-order valence-corrected chi connectivity index (χ2v) is 7.44. The monoisotopic (exact) mass is 284 g/mol. The Morgan fingerprint density at radius 3 is 2.30 bits per heavy atom. The summed E-state index contributed by atoms with van der Waals surface area (Å²) in [6.07, 6.45) is 3.34. The van der Waals surface area contributed by atoms with Gasteiger partial charge in [-0.2, -0.15) is 0 Å². The van der Waals surface area contributed by atoms with E-state index >= 15 is 0 Å². The summed E-state index contributed by atoms with van der Waals surface area (Å²) in [5.41, 5.74) is 3.92. The number of thiol groups is 1. The van der Waals surface area contributed by atoms with E-state index in [1.54, 1.807) is 0 Å². The molecule has 0 aliphatic heterocycles. The van der Waals surface area contributed by atoms with Gasteiger partial charge in [0.05, 0.1) is 0 Å². The van der Waals surface area contributed by atoms with E-state index in [2.05, 4.69) is 79.8 Å². The Morgan fingerprint density at radius 1 is 1.30 bits per heavy atom. The fraction of sp³-hybridized carbons (Fsp3) is 0.412. The van der Waals surface area contributed by atoms with Crippen LogP contribution in [-0.2, 0) is 0 Å². The lowest BCUT2D eigenvalue weighted by atomic mass is 9.65. The maximum absolute atomic E-state index is 4.78. The van der Waals surface area contributed by atoms with Crippen molar-refractivity contribution in [3.05, 3.63) is 52.4 Å². The summed E-state index contributed by atoms with van der Waals surface area (Å²) in [7, 11) is 4.50. The highest BCUT2D eigenvalue weighted by molar-refractivity contribution is 7.84. The zero-order valence-electron chi connectivity index (χ0n) is 13.7. The van der Waals surface area contributed by atoms with Gasteiger partial charge in [-0.05, 0) is 40.3 Å². The summed E-state index contributed by atoms with van der Waals surface area (Å²) in [6, 6.07) is 10.5. The molecular weight excluding hydrogens is 258 g/mol. The Labute approximate surface area is 132 Å². The number of hydrogen-bond acceptors (Lipinski definition) is 1. The molecule has 1 rings (SSSR count). The molecule has 1 aromatic rings. The van der Waals surface area contributed by atoms with Gasteiger partial charge in [0.25, 0.3) is 0 Å². The Balaban J connectivity index is 3.21. The first kappa shape index (κ1) is 17.2. The van der Waals surface area contributed by atoms with Crippen molar-refractivity contribution in [2.75, 3.05) is 0 Å². The van der Waals surface area contributed by atoms with Crippen molar-refractivity contribution in [1.29, 1.82) is 0 Å². The molecule has 0 nitrogen and oxygen atoms in total. The summed E-state index contributed by atoms with van der Waals surface area (Å²) >= 11 is 4.78. The molecule has 3 heteroatoms. The lowest BCUT2D eigenvalue weighted by Crippen LogP contribution is -2.07. The third-order valence-electron chi connectivity index (χ3n) is 3.31. The molecule has 106 valence electrons. The summed E-state index contributed by atoms with van der Waals surface area (Å²) < 4.78 is 0. The first-order valence-corrected chi connectivity index (χ1v) is 7.83. The standard InChI is InChI=1S/C17H26B2S/c1-12(14-8-6-5-7-9-14)10-15(17(3,4)19)16(20)11-13(2)18/h5-10,13,20H,11,18-19H2,1-4H3/b12-10+,16-15-. The van der Waals surface area contributed by atoms with E-state index in [-0.39, 0.29) is 5.31 Å². The van der Waals surface area contributed by atoms with E-state index in [0.717, 1.165) is 6.42 Å². The van der Waals surface area contributed by atoms with Crippen LogP contribution in [0.3, 0.4) is 0 Å². The van der Waals surface area contributed by atoms with Gasteiger partial charge in [0.1, 0.15) is 15.7 Å². The SMILES string of the molecule is BC(C)C/C(S)=C(\C=C(/C)c1ccccc1)C(B)(C)C. The predicted octanol–water partition coefficient (Wildman–Crippen LogP) is 3.94. The van der Waals surface area contributed by atoms with Crippen molar-refractivity contribution < 1.29 is 0 Å². The van der Waals surface area contributed by atoms with Gasteiger partial charge in [-0.15, -0.1) is 12.6 Å². The number of benzene rings is 1. The maximum atomic E-state index is 4.78. The lowest BCUT2D eigenvalue weighted by Gasteiger charge is -2.24. The second-order valence-electron chi connectivity index (χ2n) is 6.90. The zero-order valence-corrected chi connectivity index (χ0v) is 14.6. The van der Waals surface area contributed by atoms with Crippen LogP contribution in [0.5, 0.6) is 0 Å². The van der Waals surface area contributed by atoms with Crippen LogP contribution in [0.15, 0.2) is 46.9 Å². The van der Waals surface area contributed by atoms with Crippen LogP contribution in [0.2, 0.25) is 11.1 Å². The predicted molar refractivity (Wildman–Crippen MR) is 101 cm³/mol. The van der Waals surface area contributed by atoms with Crippen molar-refractivity contribution in [3.63, 3.8) is 0 Å². The van der Waals surface area contributed by atoms with E-state index < -0.39 is 0 Å². The fourth-order valence-electron chi connectivity index (χ4n) is 2.23. The minimum absolute atomic E-state index is 0.113. The molecule has 0 heterocycles. The van der Waals surface area contributed by atoms with Crippen LogP contribution in [0.1, 0.15) is 39.7 Å². The molecule has 1 aromatic carbocycles. The Morgan fingerprint density at radius 2 is 1.85 bits per heavy atom. The average molecular weight is 284 g/mol.